The summed E-state index contributed by atoms with van der Waals surface area (Å²) in [5.74, 6) is 1.42. The minimum absolute atomic E-state index is 0.182. The molecule has 156 valence electrons. The van der Waals surface area contributed by atoms with E-state index in [1.54, 1.807) is 24.3 Å². The number of nitrogens with zero attached hydrogens (tertiary/aromatic N) is 1. The standard InChI is InChI=1S/C22H29N3O3S/c1-3-23-21(25-17-22(13-14-22)18-7-5-4-6-8-18)24-15-16-28-19-9-11-20(12-10-19)29(2,26)27/h4-12H,3,13-17H2,1-2H3,(H2,23,24,25). The average molecular weight is 416 g/mol. The van der Waals surface area contributed by atoms with Crippen LogP contribution in [0.3, 0.4) is 0 Å². The molecule has 6 nitrogen and oxygen atoms in total. The molecule has 3 rings (SSSR count). The van der Waals surface area contributed by atoms with Crippen molar-refractivity contribution in [1.82, 2.24) is 10.6 Å². The molecule has 2 N–H and O–H groups in total. The maximum Gasteiger partial charge on any atom is 0.191 e. The van der Waals surface area contributed by atoms with E-state index in [9.17, 15) is 8.42 Å². The fraction of sp³-hybridized carbons (Fsp3) is 0.409. The number of nitrogens with one attached hydrogen (secondary N) is 2. The Morgan fingerprint density at radius 1 is 1.07 bits per heavy atom. The van der Waals surface area contributed by atoms with Gasteiger partial charge in [0.2, 0.25) is 0 Å². The van der Waals surface area contributed by atoms with E-state index in [1.165, 1.54) is 24.7 Å². The molecule has 0 unspecified atom stereocenters. The number of guanidine groups is 1. The number of sulfone groups is 1. The summed E-state index contributed by atoms with van der Waals surface area (Å²) in [4.78, 5) is 5.07. The fourth-order valence-corrected chi connectivity index (χ4v) is 3.80. The lowest BCUT2D eigenvalue weighted by molar-refractivity contribution is 0.321. The monoisotopic (exact) mass is 415 g/mol. The predicted molar refractivity (Wildman–Crippen MR) is 116 cm³/mol. The zero-order valence-corrected chi connectivity index (χ0v) is 17.8. The van der Waals surface area contributed by atoms with Gasteiger partial charge in [-0.15, -0.1) is 0 Å². The highest BCUT2D eigenvalue weighted by Crippen LogP contribution is 2.48. The van der Waals surface area contributed by atoms with Crippen LogP contribution in [0, 0.1) is 0 Å². The largest absolute Gasteiger partial charge is 0.492 e. The highest BCUT2D eigenvalue weighted by molar-refractivity contribution is 7.90. The van der Waals surface area contributed by atoms with Crippen molar-refractivity contribution in [3.63, 3.8) is 0 Å². The minimum atomic E-state index is -3.19. The van der Waals surface area contributed by atoms with E-state index in [-0.39, 0.29) is 10.3 Å². The van der Waals surface area contributed by atoms with Crippen LogP contribution in [-0.4, -0.2) is 46.9 Å². The molecule has 1 aliphatic rings. The molecule has 0 aromatic heterocycles. The Bertz CT molecular complexity index is 922. The summed E-state index contributed by atoms with van der Waals surface area (Å²) in [7, 11) is -3.19. The maximum atomic E-state index is 11.5. The van der Waals surface area contributed by atoms with Crippen LogP contribution in [0.25, 0.3) is 0 Å². The Balaban J connectivity index is 1.49. The molecule has 7 heteroatoms. The first-order chi connectivity index (χ1) is 13.9. The second-order valence-corrected chi connectivity index (χ2v) is 9.38. The number of aliphatic imine (C=N–C) groups is 1. The molecule has 2 aromatic carbocycles. The number of rotatable bonds is 9. The van der Waals surface area contributed by atoms with Crippen LogP contribution in [0.5, 0.6) is 5.75 Å². The van der Waals surface area contributed by atoms with Gasteiger partial charge in [0.15, 0.2) is 15.8 Å². The van der Waals surface area contributed by atoms with Crippen molar-refractivity contribution in [2.45, 2.75) is 30.1 Å². The Morgan fingerprint density at radius 3 is 2.34 bits per heavy atom. The Labute approximate surface area is 173 Å². The second-order valence-electron chi connectivity index (χ2n) is 7.36. The number of ether oxygens (including phenoxy) is 1. The first kappa shape index (κ1) is 21.2. The molecule has 29 heavy (non-hydrogen) atoms. The summed E-state index contributed by atoms with van der Waals surface area (Å²) in [5, 5.41) is 6.57. The quantitative estimate of drug-likeness (QED) is 0.374. The van der Waals surface area contributed by atoms with Crippen molar-refractivity contribution in [2.75, 3.05) is 32.5 Å². The molecule has 0 atom stereocenters. The van der Waals surface area contributed by atoms with Gasteiger partial charge in [0.05, 0.1) is 18.0 Å². The molecule has 0 bridgehead atoms. The van der Waals surface area contributed by atoms with Crippen molar-refractivity contribution < 1.29 is 13.2 Å². The first-order valence-electron chi connectivity index (χ1n) is 9.94. The molecule has 1 aliphatic carbocycles. The molecular weight excluding hydrogens is 386 g/mol. The summed E-state index contributed by atoms with van der Waals surface area (Å²) in [6.07, 6.45) is 3.54. The van der Waals surface area contributed by atoms with Gasteiger partial charge in [-0.05, 0) is 49.6 Å². The molecule has 0 heterocycles. The van der Waals surface area contributed by atoms with Crippen LogP contribution in [0.4, 0.5) is 0 Å². The van der Waals surface area contributed by atoms with Gasteiger partial charge < -0.3 is 15.4 Å². The minimum Gasteiger partial charge on any atom is -0.492 e. The van der Waals surface area contributed by atoms with Gasteiger partial charge in [-0.3, -0.25) is 4.99 Å². The lowest BCUT2D eigenvalue weighted by Crippen LogP contribution is -2.39. The molecule has 0 aliphatic heterocycles. The van der Waals surface area contributed by atoms with E-state index in [1.807, 2.05) is 13.0 Å². The third-order valence-electron chi connectivity index (χ3n) is 5.04. The summed E-state index contributed by atoms with van der Waals surface area (Å²) in [6, 6.07) is 17.1. The molecule has 0 spiro atoms. The van der Waals surface area contributed by atoms with Crippen molar-refractivity contribution in [3.05, 3.63) is 60.2 Å². The lowest BCUT2D eigenvalue weighted by Gasteiger charge is -2.16. The van der Waals surface area contributed by atoms with E-state index in [2.05, 4.69) is 34.9 Å². The summed E-state index contributed by atoms with van der Waals surface area (Å²) in [5.41, 5.74) is 1.54. The second kappa shape index (κ2) is 9.31. The highest BCUT2D eigenvalue weighted by atomic mass is 32.2. The van der Waals surface area contributed by atoms with Crippen LogP contribution in [0.15, 0.2) is 64.5 Å². The predicted octanol–water partition coefficient (Wildman–Crippen LogP) is 2.76. The highest BCUT2D eigenvalue weighted by Gasteiger charge is 2.43. The molecule has 0 saturated heterocycles. The third-order valence-corrected chi connectivity index (χ3v) is 6.17. The SMILES string of the molecule is CCNC(=NCC1(c2ccccc2)CC1)NCCOc1ccc(S(C)(=O)=O)cc1. The number of hydrogen-bond acceptors (Lipinski definition) is 4. The molecular formula is C22H29N3O3S. The van der Waals surface area contributed by atoms with Crippen LogP contribution in [0.1, 0.15) is 25.3 Å². The molecule has 2 aromatic rings. The van der Waals surface area contributed by atoms with Gasteiger partial charge in [0.1, 0.15) is 12.4 Å². The number of hydrogen-bond donors (Lipinski definition) is 2. The number of benzene rings is 2. The van der Waals surface area contributed by atoms with Crippen LogP contribution >= 0.6 is 0 Å². The van der Waals surface area contributed by atoms with E-state index >= 15 is 0 Å². The fourth-order valence-electron chi connectivity index (χ4n) is 3.17. The van der Waals surface area contributed by atoms with Gasteiger partial charge in [-0.25, -0.2) is 8.42 Å². The Hall–Kier alpha value is -2.54. The Morgan fingerprint density at radius 2 is 1.76 bits per heavy atom. The Kier molecular flexibility index (Phi) is 6.79. The molecule has 1 fully saturated rings. The third kappa shape index (κ3) is 5.97. The van der Waals surface area contributed by atoms with Gasteiger partial charge in [-0.1, -0.05) is 30.3 Å². The van der Waals surface area contributed by atoms with E-state index in [0.717, 1.165) is 19.0 Å². The van der Waals surface area contributed by atoms with Crippen molar-refractivity contribution in [3.8, 4) is 5.75 Å². The van der Waals surface area contributed by atoms with Gasteiger partial charge in [0.25, 0.3) is 0 Å². The smallest absolute Gasteiger partial charge is 0.191 e. The van der Waals surface area contributed by atoms with Crippen molar-refractivity contribution >= 4 is 15.8 Å². The lowest BCUT2D eigenvalue weighted by atomic mass is 9.96. The first-order valence-corrected chi connectivity index (χ1v) is 11.8. The topological polar surface area (TPSA) is 79.8 Å². The van der Waals surface area contributed by atoms with Crippen molar-refractivity contribution in [1.29, 1.82) is 0 Å². The van der Waals surface area contributed by atoms with Crippen LogP contribution in [-0.2, 0) is 15.3 Å². The summed E-state index contributed by atoms with van der Waals surface area (Å²) in [6.45, 7) is 4.64. The zero-order chi connectivity index (χ0) is 20.7. The van der Waals surface area contributed by atoms with Crippen LogP contribution < -0.4 is 15.4 Å². The van der Waals surface area contributed by atoms with E-state index in [4.69, 9.17) is 9.73 Å². The van der Waals surface area contributed by atoms with E-state index < -0.39 is 9.84 Å². The molecule has 0 amide bonds. The summed E-state index contributed by atoms with van der Waals surface area (Å²) < 4.78 is 28.7. The molecule has 1 saturated carbocycles. The van der Waals surface area contributed by atoms with Gasteiger partial charge in [0, 0.05) is 18.2 Å². The normalized spacial score (nSPS) is 15.6. The van der Waals surface area contributed by atoms with Crippen LogP contribution in [0.2, 0.25) is 0 Å². The molecule has 0 radical (unpaired) electrons. The van der Waals surface area contributed by atoms with Gasteiger partial charge in [-0.2, -0.15) is 0 Å². The van der Waals surface area contributed by atoms with Gasteiger partial charge >= 0.3 is 0 Å². The zero-order valence-electron chi connectivity index (χ0n) is 17.0. The summed E-state index contributed by atoms with van der Waals surface area (Å²) >= 11 is 0. The van der Waals surface area contributed by atoms with Crippen molar-refractivity contribution in [2.24, 2.45) is 4.99 Å². The average Bonchev–Trinajstić information content (AvgIpc) is 3.51. The van der Waals surface area contributed by atoms with E-state index in [0.29, 0.717) is 18.9 Å². The maximum absolute atomic E-state index is 11.5.